The lowest BCUT2D eigenvalue weighted by atomic mass is 9.87. The molecule has 1 aliphatic rings. The number of thiophene rings is 1. The molecule has 0 saturated carbocycles. The lowest BCUT2D eigenvalue weighted by Crippen LogP contribution is -2.34. The van der Waals surface area contributed by atoms with Crippen LogP contribution in [0.2, 0.25) is 0 Å². The van der Waals surface area contributed by atoms with Crippen LogP contribution >= 0.6 is 11.3 Å². The minimum atomic E-state index is -0.219. The van der Waals surface area contributed by atoms with Crippen molar-refractivity contribution in [3.63, 3.8) is 0 Å². The van der Waals surface area contributed by atoms with E-state index in [0.29, 0.717) is 5.69 Å². The number of methoxy groups -OCH3 is 1. The maximum absolute atomic E-state index is 12.7. The fourth-order valence-electron chi connectivity index (χ4n) is 3.40. The minimum absolute atomic E-state index is 0.0189. The highest BCUT2D eigenvalue weighted by atomic mass is 32.1. The second-order valence-corrected chi connectivity index (χ2v) is 8.15. The topological polar surface area (TPSA) is 58.6 Å². The highest BCUT2D eigenvalue weighted by molar-refractivity contribution is 7.14. The highest BCUT2D eigenvalue weighted by Gasteiger charge is 2.24. The van der Waals surface area contributed by atoms with Crippen LogP contribution in [-0.4, -0.2) is 37.4 Å². The summed E-state index contributed by atoms with van der Waals surface area (Å²) in [6, 6.07) is 9.14. The van der Waals surface area contributed by atoms with Gasteiger partial charge in [-0.2, -0.15) is 0 Å². The SMILES string of the molecule is CC[C@@H]1CCc2sc(C(=O)N(C)CC(=O)Nc3ccc(OC)cc3)cc2C1. The fourth-order valence-corrected chi connectivity index (χ4v) is 4.61. The molecule has 0 spiro atoms. The Hall–Kier alpha value is -2.34. The van der Waals surface area contributed by atoms with E-state index in [9.17, 15) is 9.59 Å². The van der Waals surface area contributed by atoms with Crippen molar-refractivity contribution in [1.82, 2.24) is 4.90 Å². The first-order chi connectivity index (χ1) is 13.0. The highest BCUT2D eigenvalue weighted by Crippen LogP contribution is 2.33. The molecule has 2 aromatic rings. The van der Waals surface area contributed by atoms with Crippen LogP contribution in [0.1, 0.15) is 39.9 Å². The number of ether oxygens (including phenoxy) is 1. The van der Waals surface area contributed by atoms with Gasteiger partial charge >= 0.3 is 0 Å². The monoisotopic (exact) mass is 386 g/mol. The van der Waals surface area contributed by atoms with E-state index in [1.54, 1.807) is 49.8 Å². The number of carbonyl (C=O) groups is 2. The summed E-state index contributed by atoms with van der Waals surface area (Å²) in [5, 5.41) is 2.81. The van der Waals surface area contributed by atoms with E-state index in [0.717, 1.165) is 29.4 Å². The molecular formula is C21H26N2O3S. The Morgan fingerprint density at radius 1 is 1.30 bits per heavy atom. The molecule has 6 heteroatoms. The normalized spacial score (nSPS) is 15.7. The van der Waals surface area contributed by atoms with E-state index in [2.05, 4.69) is 12.2 Å². The predicted molar refractivity (Wildman–Crippen MR) is 109 cm³/mol. The van der Waals surface area contributed by atoms with Gasteiger partial charge in [-0.05, 0) is 61.1 Å². The van der Waals surface area contributed by atoms with Crippen molar-refractivity contribution in [2.24, 2.45) is 5.92 Å². The maximum atomic E-state index is 12.7. The number of hydrogen-bond donors (Lipinski definition) is 1. The first-order valence-corrected chi connectivity index (χ1v) is 10.1. The predicted octanol–water partition coefficient (Wildman–Crippen LogP) is 3.98. The average Bonchev–Trinajstić information content (AvgIpc) is 3.10. The van der Waals surface area contributed by atoms with Crippen LogP contribution in [-0.2, 0) is 17.6 Å². The van der Waals surface area contributed by atoms with E-state index < -0.39 is 0 Å². The molecule has 1 aliphatic carbocycles. The van der Waals surface area contributed by atoms with Crippen LogP contribution in [0.4, 0.5) is 5.69 Å². The van der Waals surface area contributed by atoms with Crippen molar-refractivity contribution in [2.75, 3.05) is 26.0 Å². The molecule has 0 saturated heterocycles. The van der Waals surface area contributed by atoms with Crippen molar-refractivity contribution in [3.05, 3.63) is 45.6 Å². The van der Waals surface area contributed by atoms with Gasteiger partial charge in [-0.25, -0.2) is 0 Å². The van der Waals surface area contributed by atoms with E-state index in [-0.39, 0.29) is 18.4 Å². The molecular weight excluding hydrogens is 360 g/mol. The van der Waals surface area contributed by atoms with Gasteiger partial charge in [-0.15, -0.1) is 11.3 Å². The van der Waals surface area contributed by atoms with Crippen molar-refractivity contribution in [3.8, 4) is 5.75 Å². The fraction of sp³-hybridized carbons (Fsp3) is 0.429. The number of rotatable bonds is 6. The third kappa shape index (κ3) is 4.69. The van der Waals surface area contributed by atoms with Crippen molar-refractivity contribution >= 4 is 28.8 Å². The molecule has 27 heavy (non-hydrogen) atoms. The molecule has 0 aliphatic heterocycles. The summed E-state index contributed by atoms with van der Waals surface area (Å²) in [5.41, 5.74) is 2.00. The van der Waals surface area contributed by atoms with Crippen LogP contribution in [0.3, 0.4) is 0 Å². The Balaban J connectivity index is 1.58. The number of likely N-dealkylation sites (N-methyl/N-ethyl adjacent to an activating group) is 1. The molecule has 1 atom stereocenters. The molecule has 144 valence electrons. The Bertz CT molecular complexity index is 813. The third-order valence-electron chi connectivity index (χ3n) is 5.07. The van der Waals surface area contributed by atoms with E-state index in [4.69, 9.17) is 4.74 Å². The van der Waals surface area contributed by atoms with Crippen molar-refractivity contribution < 1.29 is 14.3 Å². The zero-order chi connectivity index (χ0) is 19.4. The third-order valence-corrected chi connectivity index (χ3v) is 6.30. The van der Waals surface area contributed by atoms with Gasteiger partial charge in [-0.3, -0.25) is 9.59 Å². The van der Waals surface area contributed by atoms with Gasteiger partial charge in [-0.1, -0.05) is 13.3 Å². The zero-order valence-electron chi connectivity index (χ0n) is 16.1. The van der Waals surface area contributed by atoms with Gasteiger partial charge in [0.25, 0.3) is 5.91 Å². The quantitative estimate of drug-likeness (QED) is 0.817. The maximum Gasteiger partial charge on any atom is 0.264 e. The Kier molecular flexibility index (Phi) is 6.16. The molecule has 0 bridgehead atoms. The van der Waals surface area contributed by atoms with Crippen LogP contribution in [0.15, 0.2) is 30.3 Å². The summed E-state index contributed by atoms with van der Waals surface area (Å²) in [5.74, 6) is 1.14. The second-order valence-electron chi connectivity index (χ2n) is 7.01. The van der Waals surface area contributed by atoms with Gasteiger partial charge in [0.15, 0.2) is 0 Å². The van der Waals surface area contributed by atoms with Crippen LogP contribution in [0.25, 0.3) is 0 Å². The number of hydrogen-bond acceptors (Lipinski definition) is 4. The molecule has 0 radical (unpaired) electrons. The number of anilines is 1. The summed E-state index contributed by atoms with van der Waals surface area (Å²) in [4.78, 5) is 28.5. The van der Waals surface area contributed by atoms with E-state index >= 15 is 0 Å². The summed E-state index contributed by atoms with van der Waals surface area (Å²) in [7, 11) is 3.27. The second kappa shape index (κ2) is 8.57. The Labute approximate surface area is 164 Å². The largest absolute Gasteiger partial charge is 0.497 e. The van der Waals surface area contributed by atoms with Gasteiger partial charge < -0.3 is 15.0 Å². The number of nitrogens with zero attached hydrogens (tertiary/aromatic N) is 1. The van der Waals surface area contributed by atoms with Gasteiger partial charge in [0.05, 0.1) is 18.5 Å². The Morgan fingerprint density at radius 3 is 2.70 bits per heavy atom. The molecule has 2 amide bonds. The summed E-state index contributed by atoms with van der Waals surface area (Å²) in [6.45, 7) is 2.24. The first kappa shape index (κ1) is 19.4. The van der Waals surface area contributed by atoms with Gasteiger partial charge in [0.1, 0.15) is 5.75 Å². The van der Waals surface area contributed by atoms with E-state index in [1.807, 2.05) is 6.07 Å². The summed E-state index contributed by atoms with van der Waals surface area (Å²) >= 11 is 1.58. The standard InChI is InChI=1S/C21H26N2O3S/c1-4-14-5-10-18-15(11-14)12-19(27-18)21(25)23(2)13-20(24)22-16-6-8-17(26-3)9-7-16/h6-9,12,14H,4-5,10-11,13H2,1-3H3,(H,22,24)/t14-/m1/s1. The molecule has 5 nitrogen and oxygen atoms in total. The molecule has 1 aromatic heterocycles. The zero-order valence-corrected chi connectivity index (χ0v) is 16.9. The number of aryl methyl sites for hydroxylation is 1. The lowest BCUT2D eigenvalue weighted by molar-refractivity contribution is -0.116. The average molecular weight is 387 g/mol. The molecule has 1 N–H and O–H groups in total. The number of nitrogens with one attached hydrogen (secondary N) is 1. The number of carbonyl (C=O) groups excluding carboxylic acids is 2. The van der Waals surface area contributed by atoms with Crippen molar-refractivity contribution in [2.45, 2.75) is 32.6 Å². The van der Waals surface area contributed by atoms with Crippen LogP contribution in [0, 0.1) is 5.92 Å². The molecule has 0 unspecified atom stereocenters. The number of benzene rings is 1. The van der Waals surface area contributed by atoms with Gasteiger partial charge in [0, 0.05) is 17.6 Å². The van der Waals surface area contributed by atoms with E-state index in [1.165, 1.54) is 28.2 Å². The molecule has 0 fully saturated rings. The molecule has 3 rings (SSSR count). The lowest BCUT2D eigenvalue weighted by Gasteiger charge is -2.19. The molecule has 1 heterocycles. The smallest absolute Gasteiger partial charge is 0.264 e. The van der Waals surface area contributed by atoms with Crippen LogP contribution < -0.4 is 10.1 Å². The number of fused-ring (bicyclic) bond motifs is 1. The van der Waals surface area contributed by atoms with Crippen LogP contribution in [0.5, 0.6) is 5.75 Å². The Morgan fingerprint density at radius 2 is 2.04 bits per heavy atom. The first-order valence-electron chi connectivity index (χ1n) is 9.31. The minimum Gasteiger partial charge on any atom is -0.497 e. The van der Waals surface area contributed by atoms with Crippen molar-refractivity contribution in [1.29, 1.82) is 0 Å². The molecule has 1 aromatic carbocycles. The van der Waals surface area contributed by atoms with Gasteiger partial charge in [0.2, 0.25) is 5.91 Å². The summed E-state index contributed by atoms with van der Waals surface area (Å²) in [6.07, 6.45) is 4.52. The summed E-state index contributed by atoms with van der Waals surface area (Å²) < 4.78 is 5.10. The number of amides is 2.